The molecule has 5 rings (SSSR count). The molecule has 158 valence electrons. The molecule has 0 aliphatic heterocycles. The first-order chi connectivity index (χ1) is 15.6. The fourth-order valence-corrected chi connectivity index (χ4v) is 3.36. The first-order valence-corrected chi connectivity index (χ1v) is 9.66. The Hall–Kier alpha value is -4.60. The van der Waals surface area contributed by atoms with Gasteiger partial charge < -0.3 is 10.5 Å². The molecule has 0 bridgehead atoms. The molecule has 2 aromatic carbocycles. The van der Waals surface area contributed by atoms with Crippen molar-refractivity contribution in [2.24, 2.45) is 0 Å². The highest BCUT2D eigenvalue weighted by Gasteiger charge is 2.14. The zero-order valence-corrected chi connectivity index (χ0v) is 16.6. The van der Waals surface area contributed by atoms with Gasteiger partial charge >= 0.3 is 5.69 Å². The maximum Gasteiger partial charge on any atom is 0.384 e. The van der Waals surface area contributed by atoms with Crippen molar-refractivity contribution in [3.8, 4) is 11.3 Å². The molecule has 0 atom stereocenters. The van der Waals surface area contributed by atoms with E-state index in [1.807, 2.05) is 24.3 Å². The van der Waals surface area contributed by atoms with Gasteiger partial charge in [0.15, 0.2) is 5.65 Å². The third kappa shape index (κ3) is 3.65. The molecule has 0 amide bonds. The summed E-state index contributed by atoms with van der Waals surface area (Å²) in [4.78, 5) is 20.1. The Morgan fingerprint density at radius 1 is 1.03 bits per heavy atom. The molecule has 3 heterocycles. The third-order valence-corrected chi connectivity index (χ3v) is 4.88. The number of fused-ring (bicyclic) bond motifs is 1. The van der Waals surface area contributed by atoms with E-state index in [4.69, 9.17) is 0 Å². The fourth-order valence-electron chi connectivity index (χ4n) is 3.36. The highest BCUT2D eigenvalue weighted by atomic mass is 19.1. The van der Waals surface area contributed by atoms with Crippen molar-refractivity contribution in [3.63, 3.8) is 0 Å². The molecule has 0 spiro atoms. The summed E-state index contributed by atoms with van der Waals surface area (Å²) in [6.07, 6.45) is 3.26. The number of hydrogen-bond donors (Lipinski definition) is 2. The van der Waals surface area contributed by atoms with Crippen LogP contribution in [-0.4, -0.2) is 34.9 Å². The molecule has 32 heavy (non-hydrogen) atoms. The van der Waals surface area contributed by atoms with Crippen molar-refractivity contribution in [2.45, 2.75) is 6.54 Å². The molecule has 0 saturated carbocycles. The van der Waals surface area contributed by atoms with Crippen molar-refractivity contribution in [2.75, 3.05) is 5.32 Å². The van der Waals surface area contributed by atoms with Crippen LogP contribution in [0.4, 0.5) is 15.9 Å². The van der Waals surface area contributed by atoms with Gasteiger partial charge in [-0.2, -0.15) is 4.98 Å². The van der Waals surface area contributed by atoms with E-state index >= 15 is 0 Å². The SMILES string of the molecule is O=c1nc(Nc2ccccc2-c2cn(Cc3ccc(F)cc3)nn2)c2cccnc2n1O. The number of hydrogen-bond acceptors (Lipinski definition) is 7. The average molecular weight is 429 g/mol. The van der Waals surface area contributed by atoms with Crippen LogP contribution in [0.2, 0.25) is 0 Å². The highest BCUT2D eigenvalue weighted by Crippen LogP contribution is 2.30. The van der Waals surface area contributed by atoms with Gasteiger partial charge in [-0.1, -0.05) is 35.5 Å². The molecule has 0 aliphatic rings. The molecule has 9 nitrogen and oxygen atoms in total. The second-order valence-electron chi connectivity index (χ2n) is 7.03. The van der Waals surface area contributed by atoms with Gasteiger partial charge in [0.1, 0.15) is 17.3 Å². The van der Waals surface area contributed by atoms with E-state index in [1.165, 1.54) is 18.3 Å². The van der Waals surface area contributed by atoms with Crippen LogP contribution in [0.25, 0.3) is 22.3 Å². The molecular weight excluding hydrogens is 413 g/mol. The van der Waals surface area contributed by atoms with Crippen LogP contribution in [0.5, 0.6) is 0 Å². The quantitative estimate of drug-likeness (QED) is 0.413. The Balaban J connectivity index is 1.49. The summed E-state index contributed by atoms with van der Waals surface area (Å²) in [5.41, 5.74) is 2.13. The number of para-hydroxylation sites is 1. The topological polar surface area (TPSA) is 111 Å². The molecule has 0 unspecified atom stereocenters. The number of benzene rings is 2. The van der Waals surface area contributed by atoms with E-state index in [0.29, 0.717) is 28.0 Å². The number of rotatable bonds is 5. The maximum atomic E-state index is 13.1. The summed E-state index contributed by atoms with van der Waals surface area (Å²) in [5.74, 6) is -0.0345. The first-order valence-electron chi connectivity index (χ1n) is 9.66. The van der Waals surface area contributed by atoms with E-state index in [-0.39, 0.29) is 17.3 Å². The number of nitrogens with zero attached hydrogens (tertiary/aromatic N) is 6. The van der Waals surface area contributed by atoms with Gasteiger partial charge in [0, 0.05) is 17.4 Å². The predicted molar refractivity (Wildman–Crippen MR) is 115 cm³/mol. The monoisotopic (exact) mass is 429 g/mol. The third-order valence-electron chi connectivity index (χ3n) is 4.88. The molecular formula is C22H16FN7O2. The summed E-state index contributed by atoms with van der Waals surface area (Å²) in [7, 11) is 0. The molecule has 10 heteroatoms. The van der Waals surface area contributed by atoms with E-state index in [1.54, 1.807) is 35.1 Å². The zero-order valence-electron chi connectivity index (χ0n) is 16.6. The van der Waals surface area contributed by atoms with Gasteiger partial charge in [0.05, 0.1) is 18.1 Å². The Morgan fingerprint density at radius 3 is 2.69 bits per heavy atom. The zero-order chi connectivity index (χ0) is 22.1. The molecule has 0 aliphatic carbocycles. The molecule has 0 saturated heterocycles. The van der Waals surface area contributed by atoms with E-state index in [9.17, 15) is 14.4 Å². The van der Waals surface area contributed by atoms with Crippen molar-refractivity contribution >= 4 is 22.5 Å². The summed E-state index contributed by atoms with van der Waals surface area (Å²) in [5, 5.41) is 22.0. The van der Waals surface area contributed by atoms with Crippen LogP contribution in [0.15, 0.2) is 77.9 Å². The first kappa shape index (κ1) is 19.4. The minimum absolute atomic E-state index is 0.0951. The Labute approximate surface area is 180 Å². The lowest BCUT2D eigenvalue weighted by Gasteiger charge is -2.12. The van der Waals surface area contributed by atoms with Crippen LogP contribution in [0.1, 0.15) is 5.56 Å². The molecule has 0 fully saturated rings. The Morgan fingerprint density at radius 2 is 1.84 bits per heavy atom. The minimum Gasteiger partial charge on any atom is -0.422 e. The average Bonchev–Trinajstić information content (AvgIpc) is 3.27. The summed E-state index contributed by atoms with van der Waals surface area (Å²) >= 11 is 0. The maximum absolute atomic E-state index is 13.1. The second kappa shape index (κ2) is 7.91. The van der Waals surface area contributed by atoms with Gasteiger partial charge in [-0.3, -0.25) is 0 Å². The number of aromatic nitrogens is 6. The number of halogens is 1. The lowest BCUT2D eigenvalue weighted by Crippen LogP contribution is -2.23. The van der Waals surface area contributed by atoms with Crippen LogP contribution in [-0.2, 0) is 6.54 Å². The Bertz CT molecular complexity index is 1480. The predicted octanol–water partition coefficient (Wildman–Crippen LogP) is 3.22. The van der Waals surface area contributed by atoms with Crippen molar-refractivity contribution < 1.29 is 9.60 Å². The van der Waals surface area contributed by atoms with Crippen molar-refractivity contribution in [1.82, 2.24) is 29.7 Å². The molecule has 5 aromatic rings. The standard InChI is InChI=1S/C22H16FN7O2/c23-15-9-7-14(8-10-15)12-29-13-19(27-28-29)16-4-1-2-6-18(16)25-20-17-5-3-11-24-21(17)30(32)22(31)26-20/h1-11,13,32H,12H2,(H,25,26,31). The van der Waals surface area contributed by atoms with Gasteiger partial charge in [-0.25, -0.2) is 18.9 Å². The summed E-state index contributed by atoms with van der Waals surface area (Å²) in [6.45, 7) is 0.440. The smallest absolute Gasteiger partial charge is 0.384 e. The van der Waals surface area contributed by atoms with Gasteiger partial charge in [0.25, 0.3) is 0 Å². The van der Waals surface area contributed by atoms with Crippen molar-refractivity contribution in [1.29, 1.82) is 0 Å². The van der Waals surface area contributed by atoms with Crippen molar-refractivity contribution in [3.05, 3.63) is 94.9 Å². The summed E-state index contributed by atoms with van der Waals surface area (Å²) in [6, 6.07) is 17.0. The number of pyridine rings is 1. The number of nitrogens with one attached hydrogen (secondary N) is 1. The lowest BCUT2D eigenvalue weighted by atomic mass is 10.1. The summed E-state index contributed by atoms with van der Waals surface area (Å²) < 4.78 is 15.2. The molecule has 2 N–H and O–H groups in total. The highest BCUT2D eigenvalue weighted by molar-refractivity contribution is 5.90. The normalized spacial score (nSPS) is 11.0. The largest absolute Gasteiger partial charge is 0.422 e. The van der Waals surface area contributed by atoms with Crippen LogP contribution in [0.3, 0.4) is 0 Å². The number of anilines is 2. The van der Waals surface area contributed by atoms with E-state index in [0.717, 1.165) is 11.1 Å². The van der Waals surface area contributed by atoms with E-state index < -0.39 is 5.69 Å². The Kier molecular flexibility index (Phi) is 4.79. The molecule has 3 aromatic heterocycles. The van der Waals surface area contributed by atoms with E-state index in [2.05, 4.69) is 25.6 Å². The van der Waals surface area contributed by atoms with Gasteiger partial charge in [-0.15, -0.1) is 9.83 Å². The minimum atomic E-state index is -0.846. The second-order valence-corrected chi connectivity index (χ2v) is 7.03. The van der Waals surface area contributed by atoms with Crippen LogP contribution >= 0.6 is 0 Å². The lowest BCUT2D eigenvalue weighted by molar-refractivity contribution is 0.182. The van der Waals surface area contributed by atoms with Crippen LogP contribution < -0.4 is 11.0 Å². The molecule has 0 radical (unpaired) electrons. The fraction of sp³-hybridized carbons (Fsp3) is 0.0455. The van der Waals surface area contributed by atoms with Gasteiger partial charge in [-0.05, 0) is 35.9 Å². The van der Waals surface area contributed by atoms with Crippen LogP contribution in [0, 0.1) is 5.82 Å². The van der Waals surface area contributed by atoms with Gasteiger partial charge in [0.2, 0.25) is 0 Å².